The van der Waals surface area contributed by atoms with Crippen molar-refractivity contribution in [2.75, 3.05) is 26.4 Å². The highest BCUT2D eigenvalue weighted by molar-refractivity contribution is 9.10. The van der Waals surface area contributed by atoms with E-state index in [1.165, 1.54) is 38.0 Å². The third-order valence-electron chi connectivity index (χ3n) is 4.98. The van der Waals surface area contributed by atoms with Crippen molar-refractivity contribution in [2.24, 2.45) is 0 Å². The van der Waals surface area contributed by atoms with Crippen molar-refractivity contribution in [1.29, 1.82) is 0 Å². The molecule has 4 nitrogen and oxygen atoms in total. The summed E-state index contributed by atoms with van der Waals surface area (Å²) in [5.41, 5.74) is 1.29. The first-order valence-electron chi connectivity index (χ1n) is 7.77. The number of fused-ring (bicyclic) bond motifs is 2. The molecule has 0 amide bonds. The van der Waals surface area contributed by atoms with Crippen molar-refractivity contribution in [1.82, 2.24) is 9.80 Å². The highest BCUT2D eigenvalue weighted by atomic mass is 79.9. The minimum atomic E-state index is 0.336. The summed E-state index contributed by atoms with van der Waals surface area (Å²) in [5, 5.41) is 0. The molecule has 114 valence electrons. The molecule has 2 saturated heterocycles. The van der Waals surface area contributed by atoms with Gasteiger partial charge in [-0.05, 0) is 44.0 Å². The maximum absolute atomic E-state index is 5.51. The molecule has 21 heavy (non-hydrogen) atoms. The fourth-order valence-corrected chi connectivity index (χ4v) is 4.22. The Morgan fingerprint density at radius 2 is 2.05 bits per heavy atom. The van der Waals surface area contributed by atoms with Gasteiger partial charge in [0, 0.05) is 36.2 Å². The second-order valence-corrected chi connectivity index (χ2v) is 7.22. The number of rotatable bonds is 2. The van der Waals surface area contributed by atoms with Crippen molar-refractivity contribution >= 4 is 15.9 Å². The molecule has 0 bridgehead atoms. The number of hydrogen-bond acceptors (Lipinski definition) is 4. The fourth-order valence-electron chi connectivity index (χ4n) is 3.77. The Balaban J connectivity index is 1.53. The van der Waals surface area contributed by atoms with Crippen LogP contribution in [0.25, 0.3) is 0 Å². The molecule has 3 aliphatic rings. The second-order valence-electron chi connectivity index (χ2n) is 6.37. The second kappa shape index (κ2) is 5.45. The number of hydrogen-bond donors (Lipinski definition) is 0. The van der Waals surface area contributed by atoms with E-state index in [-0.39, 0.29) is 0 Å². The Hall–Kier alpha value is -0.780. The van der Waals surface area contributed by atoms with Gasteiger partial charge in [-0.2, -0.15) is 0 Å². The minimum Gasteiger partial charge on any atom is -0.454 e. The topological polar surface area (TPSA) is 24.9 Å². The summed E-state index contributed by atoms with van der Waals surface area (Å²) in [4.78, 5) is 5.27. The van der Waals surface area contributed by atoms with Gasteiger partial charge < -0.3 is 9.47 Å². The van der Waals surface area contributed by atoms with Gasteiger partial charge in [0.2, 0.25) is 6.79 Å². The van der Waals surface area contributed by atoms with Crippen LogP contribution in [0, 0.1) is 0 Å². The zero-order chi connectivity index (χ0) is 14.4. The third kappa shape index (κ3) is 2.56. The van der Waals surface area contributed by atoms with Crippen molar-refractivity contribution in [3.05, 3.63) is 22.2 Å². The van der Waals surface area contributed by atoms with Crippen molar-refractivity contribution in [2.45, 2.75) is 38.4 Å². The summed E-state index contributed by atoms with van der Waals surface area (Å²) >= 11 is 3.68. The molecular formula is C16H21BrN2O2. The van der Waals surface area contributed by atoms with Crippen molar-refractivity contribution in [3.8, 4) is 11.5 Å². The zero-order valence-corrected chi connectivity index (χ0v) is 13.9. The minimum absolute atomic E-state index is 0.336. The quantitative estimate of drug-likeness (QED) is 0.816. The molecule has 3 aliphatic heterocycles. The average molecular weight is 353 g/mol. The Morgan fingerprint density at radius 3 is 2.90 bits per heavy atom. The molecule has 1 unspecified atom stereocenters. The molecule has 5 heteroatoms. The number of nitrogens with zero attached hydrogens (tertiary/aromatic N) is 2. The highest BCUT2D eigenvalue weighted by Crippen LogP contribution is 2.38. The van der Waals surface area contributed by atoms with Gasteiger partial charge in [-0.25, -0.2) is 0 Å². The summed E-state index contributed by atoms with van der Waals surface area (Å²) in [6.45, 7) is 7.33. The Kier molecular flexibility index (Phi) is 3.59. The first-order valence-corrected chi connectivity index (χ1v) is 8.56. The van der Waals surface area contributed by atoms with Crippen LogP contribution >= 0.6 is 15.9 Å². The average Bonchev–Trinajstić information content (AvgIpc) is 3.07. The van der Waals surface area contributed by atoms with Crippen LogP contribution < -0.4 is 9.47 Å². The van der Waals surface area contributed by atoms with Crippen LogP contribution in [0.15, 0.2) is 16.6 Å². The van der Waals surface area contributed by atoms with Crippen molar-refractivity contribution < 1.29 is 9.47 Å². The molecule has 2 atom stereocenters. The normalized spacial score (nSPS) is 28.9. The summed E-state index contributed by atoms with van der Waals surface area (Å²) < 4.78 is 12.1. The van der Waals surface area contributed by atoms with E-state index in [2.05, 4.69) is 38.7 Å². The molecule has 0 aromatic heterocycles. The maximum atomic E-state index is 5.51. The Labute approximate surface area is 134 Å². The monoisotopic (exact) mass is 352 g/mol. The van der Waals surface area contributed by atoms with Crippen molar-refractivity contribution in [3.63, 3.8) is 0 Å². The zero-order valence-electron chi connectivity index (χ0n) is 12.3. The summed E-state index contributed by atoms with van der Waals surface area (Å²) in [5.74, 6) is 1.72. The molecule has 0 aliphatic carbocycles. The molecule has 3 heterocycles. The molecule has 1 aromatic carbocycles. The Morgan fingerprint density at radius 1 is 1.24 bits per heavy atom. The van der Waals surface area contributed by atoms with Crippen LogP contribution in [0.4, 0.5) is 0 Å². The predicted octanol–water partition coefficient (Wildman–Crippen LogP) is 2.85. The largest absolute Gasteiger partial charge is 0.454 e. The van der Waals surface area contributed by atoms with E-state index in [1.54, 1.807) is 0 Å². The van der Waals surface area contributed by atoms with E-state index in [0.29, 0.717) is 12.8 Å². The Bertz CT molecular complexity index is 551. The highest BCUT2D eigenvalue weighted by Gasteiger charge is 2.34. The van der Waals surface area contributed by atoms with Crippen LogP contribution in [0.3, 0.4) is 0 Å². The molecule has 0 N–H and O–H groups in total. The van der Waals surface area contributed by atoms with E-state index in [1.807, 2.05) is 6.07 Å². The van der Waals surface area contributed by atoms with Crippen LogP contribution in [-0.4, -0.2) is 48.3 Å². The number of halogens is 1. The van der Waals surface area contributed by atoms with Gasteiger partial charge in [0.05, 0.1) is 0 Å². The summed E-state index contributed by atoms with van der Waals surface area (Å²) in [6.07, 6.45) is 2.71. The maximum Gasteiger partial charge on any atom is 0.231 e. The first kappa shape index (κ1) is 13.9. The van der Waals surface area contributed by atoms with E-state index in [4.69, 9.17) is 9.47 Å². The first-order chi connectivity index (χ1) is 10.2. The van der Waals surface area contributed by atoms with Gasteiger partial charge in [0.15, 0.2) is 11.5 Å². The lowest BCUT2D eigenvalue weighted by molar-refractivity contribution is 0.0538. The van der Waals surface area contributed by atoms with E-state index < -0.39 is 0 Å². The van der Waals surface area contributed by atoms with Gasteiger partial charge in [-0.15, -0.1) is 0 Å². The van der Waals surface area contributed by atoms with E-state index >= 15 is 0 Å². The standard InChI is InChI=1S/C16H21BrN2O2/c1-11-7-18-4-2-3-13(18)9-19(11)8-12-5-15-16(6-14(12)17)21-10-20-15/h5-6,11,13H,2-4,7-10H2,1H3/t11-,13?/m0/s1. The number of benzene rings is 1. The van der Waals surface area contributed by atoms with Crippen LogP contribution in [0.5, 0.6) is 11.5 Å². The number of ether oxygens (including phenoxy) is 2. The lowest BCUT2D eigenvalue weighted by atomic mass is 10.1. The van der Waals surface area contributed by atoms with Crippen LogP contribution in [0.1, 0.15) is 25.3 Å². The van der Waals surface area contributed by atoms with Crippen LogP contribution in [0.2, 0.25) is 0 Å². The third-order valence-corrected chi connectivity index (χ3v) is 5.72. The smallest absolute Gasteiger partial charge is 0.231 e. The van der Waals surface area contributed by atoms with Gasteiger partial charge >= 0.3 is 0 Å². The van der Waals surface area contributed by atoms with Gasteiger partial charge in [0.25, 0.3) is 0 Å². The molecule has 2 fully saturated rings. The van der Waals surface area contributed by atoms with E-state index in [0.717, 1.165) is 28.6 Å². The molecule has 4 rings (SSSR count). The molecular weight excluding hydrogens is 332 g/mol. The lowest BCUT2D eigenvalue weighted by Gasteiger charge is -2.42. The SMILES string of the molecule is C[C@H]1CN2CCCC2CN1Cc1cc2c(cc1Br)OCO2. The van der Waals surface area contributed by atoms with Gasteiger partial charge in [0.1, 0.15) is 0 Å². The van der Waals surface area contributed by atoms with Gasteiger partial charge in [-0.1, -0.05) is 15.9 Å². The number of piperazine rings is 1. The molecule has 0 spiro atoms. The predicted molar refractivity (Wildman–Crippen MR) is 84.7 cm³/mol. The summed E-state index contributed by atoms with van der Waals surface area (Å²) in [6, 6.07) is 5.53. The summed E-state index contributed by atoms with van der Waals surface area (Å²) in [7, 11) is 0. The molecule has 0 radical (unpaired) electrons. The van der Waals surface area contributed by atoms with Gasteiger partial charge in [-0.3, -0.25) is 9.80 Å². The molecule has 0 saturated carbocycles. The lowest BCUT2D eigenvalue weighted by Crippen LogP contribution is -2.54. The fraction of sp³-hybridized carbons (Fsp3) is 0.625. The molecule has 1 aromatic rings. The van der Waals surface area contributed by atoms with E-state index in [9.17, 15) is 0 Å². The van der Waals surface area contributed by atoms with Crippen LogP contribution in [-0.2, 0) is 6.54 Å².